The van der Waals surface area contributed by atoms with Gasteiger partial charge in [0.25, 0.3) is 0 Å². The van der Waals surface area contributed by atoms with Crippen molar-refractivity contribution in [2.24, 2.45) is 0 Å². The molecule has 0 unspecified atom stereocenters. The Morgan fingerprint density at radius 1 is 1.32 bits per heavy atom. The van der Waals surface area contributed by atoms with Crippen molar-refractivity contribution in [2.75, 3.05) is 7.11 Å². The number of para-hydroxylation sites is 2. The Morgan fingerprint density at radius 2 is 2.07 bits per heavy atom. The zero-order chi connectivity index (χ0) is 20.3. The first kappa shape index (κ1) is 19.8. The number of carboxylic acids is 1. The molecule has 0 radical (unpaired) electrons. The summed E-state index contributed by atoms with van der Waals surface area (Å²) in [6.45, 7) is 3.77. The third kappa shape index (κ3) is 4.46. The number of ether oxygens (including phenoxy) is 2. The molecular formula is C21H19ClNO5-. The monoisotopic (exact) mass is 400 g/mol. The number of methoxy groups -OCH3 is 1. The second-order valence-corrected chi connectivity index (χ2v) is 6.81. The molecule has 1 aromatic heterocycles. The standard InChI is InChI=1S/C21H20ClNO5/c1-12(2)27-20-15(22)9-13(10-18(20)26-3)8-14(11-19(24)25)21-23-16-6-4-5-7-17(16)28-21/h4-10,12H,11H2,1-3H3,(H,24,25)/p-1/b14-8+. The molecular weight excluding hydrogens is 382 g/mol. The van der Waals surface area contributed by atoms with Crippen LogP contribution < -0.4 is 14.6 Å². The van der Waals surface area contributed by atoms with Gasteiger partial charge < -0.3 is 23.8 Å². The van der Waals surface area contributed by atoms with E-state index >= 15 is 0 Å². The maximum Gasteiger partial charge on any atom is 0.223 e. The molecule has 0 spiro atoms. The molecule has 3 aromatic rings. The predicted molar refractivity (Wildman–Crippen MR) is 105 cm³/mol. The van der Waals surface area contributed by atoms with Gasteiger partial charge in [0.2, 0.25) is 5.89 Å². The number of carboxylic acid groups (broad SMARTS) is 1. The fourth-order valence-electron chi connectivity index (χ4n) is 2.73. The summed E-state index contributed by atoms with van der Waals surface area (Å²) in [5.74, 6) is -0.160. The molecule has 3 rings (SSSR count). The number of nitrogens with zero attached hydrogens (tertiary/aromatic N) is 1. The molecule has 7 heteroatoms. The molecule has 6 nitrogen and oxygen atoms in total. The van der Waals surface area contributed by atoms with Crippen LogP contribution in [0.2, 0.25) is 5.02 Å². The first-order valence-corrected chi connectivity index (χ1v) is 9.05. The molecule has 0 N–H and O–H groups in total. The molecule has 146 valence electrons. The maximum absolute atomic E-state index is 11.3. The van der Waals surface area contributed by atoms with Gasteiger partial charge in [-0.25, -0.2) is 4.98 Å². The zero-order valence-corrected chi connectivity index (χ0v) is 16.4. The van der Waals surface area contributed by atoms with Crippen molar-refractivity contribution in [3.63, 3.8) is 0 Å². The predicted octanol–water partition coefficient (Wildman–Crippen LogP) is 3.96. The van der Waals surface area contributed by atoms with Crippen LogP contribution in [-0.4, -0.2) is 24.2 Å². The van der Waals surface area contributed by atoms with Crippen LogP contribution in [0.3, 0.4) is 0 Å². The van der Waals surface area contributed by atoms with Crippen LogP contribution in [-0.2, 0) is 4.79 Å². The number of oxazole rings is 1. The Kier molecular flexibility index (Phi) is 5.90. The van der Waals surface area contributed by atoms with Gasteiger partial charge in [-0.3, -0.25) is 0 Å². The lowest BCUT2D eigenvalue weighted by Crippen LogP contribution is -2.22. The van der Waals surface area contributed by atoms with E-state index in [0.717, 1.165) is 0 Å². The number of rotatable bonds is 7. The number of carbonyl (C=O) groups is 1. The Labute approximate surface area is 167 Å². The smallest absolute Gasteiger partial charge is 0.223 e. The lowest BCUT2D eigenvalue weighted by Gasteiger charge is -2.16. The van der Waals surface area contributed by atoms with Crippen LogP contribution in [0.1, 0.15) is 31.7 Å². The minimum Gasteiger partial charge on any atom is -0.550 e. The van der Waals surface area contributed by atoms with E-state index in [0.29, 0.717) is 38.8 Å². The molecule has 2 aromatic carbocycles. The third-order valence-electron chi connectivity index (χ3n) is 3.85. The molecule has 0 aliphatic rings. The summed E-state index contributed by atoms with van der Waals surface area (Å²) in [5, 5.41) is 11.6. The van der Waals surface area contributed by atoms with E-state index in [1.807, 2.05) is 26.0 Å². The highest BCUT2D eigenvalue weighted by molar-refractivity contribution is 6.32. The van der Waals surface area contributed by atoms with Crippen molar-refractivity contribution in [3.8, 4) is 11.5 Å². The summed E-state index contributed by atoms with van der Waals surface area (Å²) in [4.78, 5) is 15.6. The number of benzene rings is 2. The number of aromatic nitrogens is 1. The van der Waals surface area contributed by atoms with E-state index in [1.165, 1.54) is 7.11 Å². The Morgan fingerprint density at radius 3 is 2.71 bits per heavy atom. The molecule has 0 saturated carbocycles. The maximum atomic E-state index is 11.3. The van der Waals surface area contributed by atoms with Gasteiger partial charge in [-0.15, -0.1) is 0 Å². The van der Waals surface area contributed by atoms with Gasteiger partial charge in [0, 0.05) is 18.0 Å². The van der Waals surface area contributed by atoms with Gasteiger partial charge in [0.05, 0.1) is 18.2 Å². The van der Waals surface area contributed by atoms with Crippen LogP contribution >= 0.6 is 11.6 Å². The number of fused-ring (bicyclic) bond motifs is 1. The normalized spacial score (nSPS) is 11.8. The van der Waals surface area contributed by atoms with E-state index in [4.69, 9.17) is 25.5 Å². The van der Waals surface area contributed by atoms with E-state index in [2.05, 4.69) is 4.98 Å². The largest absolute Gasteiger partial charge is 0.550 e. The van der Waals surface area contributed by atoms with Crippen LogP contribution in [0.15, 0.2) is 40.8 Å². The molecule has 0 atom stereocenters. The summed E-state index contributed by atoms with van der Waals surface area (Å²) in [7, 11) is 1.51. The molecule has 0 bridgehead atoms. The highest BCUT2D eigenvalue weighted by Gasteiger charge is 2.15. The molecule has 0 fully saturated rings. The molecule has 28 heavy (non-hydrogen) atoms. The topological polar surface area (TPSA) is 84.6 Å². The SMILES string of the molecule is COc1cc(/C=C(\CC(=O)[O-])c2nc3ccccc3o2)cc(Cl)c1OC(C)C. The Balaban J connectivity index is 2.07. The van der Waals surface area contributed by atoms with E-state index in [1.54, 1.807) is 30.3 Å². The van der Waals surface area contributed by atoms with Gasteiger partial charge in [0.15, 0.2) is 17.1 Å². The van der Waals surface area contributed by atoms with Gasteiger partial charge in [-0.2, -0.15) is 0 Å². The Hall–Kier alpha value is -2.99. The summed E-state index contributed by atoms with van der Waals surface area (Å²) in [6.07, 6.45) is 1.19. The highest BCUT2D eigenvalue weighted by atomic mass is 35.5. The van der Waals surface area contributed by atoms with Crippen molar-refractivity contribution in [1.29, 1.82) is 0 Å². The second kappa shape index (κ2) is 8.35. The minimum absolute atomic E-state index is 0.0822. The quantitative estimate of drug-likeness (QED) is 0.596. The fraction of sp³-hybridized carbons (Fsp3) is 0.238. The van der Waals surface area contributed by atoms with Crippen LogP contribution in [0.25, 0.3) is 22.7 Å². The first-order valence-electron chi connectivity index (χ1n) is 8.68. The average Bonchev–Trinajstić information content (AvgIpc) is 3.06. The summed E-state index contributed by atoms with van der Waals surface area (Å²) >= 11 is 6.35. The third-order valence-corrected chi connectivity index (χ3v) is 4.13. The molecule has 0 saturated heterocycles. The summed E-state index contributed by atoms with van der Waals surface area (Å²) in [6, 6.07) is 10.6. The minimum atomic E-state index is -1.24. The van der Waals surface area contributed by atoms with Crippen molar-refractivity contribution in [2.45, 2.75) is 26.4 Å². The van der Waals surface area contributed by atoms with E-state index in [9.17, 15) is 9.90 Å². The number of hydrogen-bond donors (Lipinski definition) is 0. The number of carbonyl (C=O) groups excluding carboxylic acids is 1. The molecule has 0 aliphatic carbocycles. The van der Waals surface area contributed by atoms with E-state index < -0.39 is 5.97 Å². The van der Waals surface area contributed by atoms with Crippen molar-refractivity contribution in [1.82, 2.24) is 4.98 Å². The van der Waals surface area contributed by atoms with Crippen LogP contribution in [0, 0.1) is 0 Å². The van der Waals surface area contributed by atoms with Crippen LogP contribution in [0.4, 0.5) is 0 Å². The number of aliphatic carboxylic acids is 1. The van der Waals surface area contributed by atoms with Crippen molar-refractivity contribution >= 4 is 40.3 Å². The van der Waals surface area contributed by atoms with Gasteiger partial charge in [0.1, 0.15) is 5.52 Å². The molecule has 0 aliphatic heterocycles. The lowest BCUT2D eigenvalue weighted by atomic mass is 10.1. The van der Waals surface area contributed by atoms with Crippen LogP contribution in [0.5, 0.6) is 11.5 Å². The summed E-state index contributed by atoms with van der Waals surface area (Å²) in [5.41, 5.74) is 2.18. The molecule has 1 heterocycles. The van der Waals surface area contributed by atoms with Gasteiger partial charge >= 0.3 is 0 Å². The molecule has 0 amide bonds. The average molecular weight is 401 g/mol. The van der Waals surface area contributed by atoms with Gasteiger partial charge in [-0.1, -0.05) is 23.7 Å². The second-order valence-electron chi connectivity index (χ2n) is 6.41. The first-order chi connectivity index (χ1) is 13.4. The fourth-order valence-corrected chi connectivity index (χ4v) is 2.99. The van der Waals surface area contributed by atoms with Gasteiger partial charge in [-0.05, 0) is 49.8 Å². The number of halogens is 1. The Bertz CT molecular complexity index is 1010. The summed E-state index contributed by atoms with van der Waals surface area (Å²) < 4.78 is 16.8. The van der Waals surface area contributed by atoms with Crippen molar-refractivity contribution < 1.29 is 23.8 Å². The van der Waals surface area contributed by atoms with Crippen molar-refractivity contribution in [3.05, 3.63) is 52.9 Å². The zero-order valence-electron chi connectivity index (χ0n) is 15.7. The van der Waals surface area contributed by atoms with E-state index in [-0.39, 0.29) is 18.4 Å². The highest BCUT2D eigenvalue weighted by Crippen LogP contribution is 2.38. The lowest BCUT2D eigenvalue weighted by molar-refractivity contribution is -0.304. The number of hydrogen-bond acceptors (Lipinski definition) is 6.